The summed E-state index contributed by atoms with van der Waals surface area (Å²) in [7, 11) is 0. The number of hydrogen-bond donors (Lipinski definition) is 1. The maximum absolute atomic E-state index is 11.9. The molecule has 0 spiro atoms. The van der Waals surface area contributed by atoms with E-state index in [1.165, 1.54) is 0 Å². The minimum absolute atomic E-state index is 0.164. The first kappa shape index (κ1) is 14.0. The lowest BCUT2D eigenvalue weighted by Gasteiger charge is -2.01. The second-order valence-corrected chi connectivity index (χ2v) is 4.93. The summed E-state index contributed by atoms with van der Waals surface area (Å²) < 4.78 is 5.23. The van der Waals surface area contributed by atoms with E-state index in [1.54, 1.807) is 12.1 Å². The second kappa shape index (κ2) is 6.22. The lowest BCUT2D eigenvalue weighted by Crippen LogP contribution is -2.23. The molecule has 0 saturated carbocycles. The Bertz CT molecular complexity index is 781. The van der Waals surface area contributed by atoms with Gasteiger partial charge in [-0.05, 0) is 31.2 Å². The number of aromatic nitrogens is 2. The summed E-state index contributed by atoms with van der Waals surface area (Å²) in [6, 6.07) is 16.8. The Labute approximate surface area is 128 Å². The van der Waals surface area contributed by atoms with E-state index in [1.807, 2.05) is 49.4 Å². The van der Waals surface area contributed by atoms with Crippen LogP contribution in [-0.4, -0.2) is 16.0 Å². The maximum Gasteiger partial charge on any atom is 0.257 e. The predicted octanol–water partition coefficient (Wildman–Crippen LogP) is 2.98. The third kappa shape index (κ3) is 3.20. The van der Waals surface area contributed by atoms with Crippen molar-refractivity contribution < 1.29 is 9.32 Å². The predicted molar refractivity (Wildman–Crippen MR) is 82.1 cm³/mol. The molecule has 0 bridgehead atoms. The van der Waals surface area contributed by atoms with Crippen LogP contribution in [0.25, 0.3) is 11.5 Å². The first-order chi connectivity index (χ1) is 10.7. The fourth-order valence-corrected chi connectivity index (χ4v) is 2.07. The fourth-order valence-electron chi connectivity index (χ4n) is 2.07. The Morgan fingerprint density at radius 3 is 2.73 bits per heavy atom. The largest absolute Gasteiger partial charge is 0.345 e. The van der Waals surface area contributed by atoms with Gasteiger partial charge in [0.05, 0.1) is 6.54 Å². The number of carbonyl (C=O) groups is 1. The van der Waals surface area contributed by atoms with Crippen molar-refractivity contribution in [2.24, 2.45) is 0 Å². The van der Waals surface area contributed by atoms with Crippen molar-refractivity contribution in [1.82, 2.24) is 15.5 Å². The van der Waals surface area contributed by atoms with Gasteiger partial charge in [0.25, 0.3) is 11.8 Å². The van der Waals surface area contributed by atoms with Gasteiger partial charge in [0.2, 0.25) is 0 Å². The van der Waals surface area contributed by atoms with Crippen LogP contribution < -0.4 is 5.32 Å². The summed E-state index contributed by atoms with van der Waals surface area (Å²) in [6.45, 7) is 2.23. The van der Waals surface area contributed by atoms with E-state index in [0.29, 0.717) is 17.3 Å². The molecular weight excluding hydrogens is 278 g/mol. The zero-order valence-electron chi connectivity index (χ0n) is 12.1. The molecule has 1 heterocycles. The van der Waals surface area contributed by atoms with Crippen molar-refractivity contribution >= 4 is 5.91 Å². The molecule has 0 aliphatic rings. The molecule has 0 atom stereocenters. The van der Waals surface area contributed by atoms with Crippen LogP contribution in [0, 0.1) is 6.92 Å². The van der Waals surface area contributed by atoms with Gasteiger partial charge in [-0.25, -0.2) is 0 Å². The lowest BCUT2D eigenvalue weighted by molar-refractivity contribution is 0.0949. The number of nitrogens with zero attached hydrogens (tertiary/aromatic N) is 2. The highest BCUT2D eigenvalue weighted by Crippen LogP contribution is 2.18. The number of aryl methyl sites for hydroxylation is 1. The molecule has 1 aromatic heterocycles. The summed E-state index contributed by atoms with van der Waals surface area (Å²) in [5, 5.41) is 6.65. The minimum Gasteiger partial charge on any atom is -0.345 e. The minimum atomic E-state index is -0.164. The zero-order valence-corrected chi connectivity index (χ0v) is 12.1. The Balaban J connectivity index is 1.66. The Hall–Kier alpha value is -2.95. The highest BCUT2D eigenvalue weighted by Gasteiger charge is 2.10. The summed E-state index contributed by atoms with van der Waals surface area (Å²) in [5.74, 6) is 0.732. The van der Waals surface area contributed by atoms with Gasteiger partial charge >= 0.3 is 0 Å². The molecule has 0 saturated heterocycles. The number of amides is 1. The van der Waals surface area contributed by atoms with Crippen LogP contribution in [0.4, 0.5) is 0 Å². The Morgan fingerprint density at radius 1 is 1.14 bits per heavy atom. The molecule has 0 fully saturated rings. The van der Waals surface area contributed by atoms with Crippen molar-refractivity contribution in [3.05, 3.63) is 71.5 Å². The van der Waals surface area contributed by atoms with Crippen LogP contribution in [0.5, 0.6) is 0 Å². The molecule has 0 radical (unpaired) electrons. The van der Waals surface area contributed by atoms with Crippen LogP contribution in [0.2, 0.25) is 0 Å². The van der Waals surface area contributed by atoms with E-state index >= 15 is 0 Å². The molecule has 5 heteroatoms. The van der Waals surface area contributed by atoms with Gasteiger partial charge in [-0.1, -0.05) is 41.1 Å². The van der Waals surface area contributed by atoms with Crippen molar-refractivity contribution in [3.63, 3.8) is 0 Å². The Morgan fingerprint density at radius 2 is 1.95 bits per heavy atom. The zero-order chi connectivity index (χ0) is 15.4. The third-order valence-corrected chi connectivity index (χ3v) is 3.18. The first-order valence-electron chi connectivity index (χ1n) is 6.95. The molecule has 110 valence electrons. The second-order valence-electron chi connectivity index (χ2n) is 4.93. The highest BCUT2D eigenvalue weighted by molar-refractivity contribution is 5.93. The fraction of sp³-hybridized carbons (Fsp3) is 0.118. The summed E-state index contributed by atoms with van der Waals surface area (Å²) >= 11 is 0. The topological polar surface area (TPSA) is 68.0 Å². The van der Waals surface area contributed by atoms with Crippen LogP contribution >= 0.6 is 0 Å². The number of rotatable bonds is 4. The van der Waals surface area contributed by atoms with Gasteiger partial charge in [-0.2, -0.15) is 4.98 Å². The van der Waals surface area contributed by atoms with Gasteiger partial charge in [0.1, 0.15) is 0 Å². The molecule has 2 aromatic carbocycles. The third-order valence-electron chi connectivity index (χ3n) is 3.18. The number of carbonyl (C=O) groups excluding carboxylic acids is 1. The van der Waals surface area contributed by atoms with Crippen molar-refractivity contribution in [3.8, 4) is 11.5 Å². The average Bonchev–Trinajstić information content (AvgIpc) is 3.02. The van der Waals surface area contributed by atoms with E-state index in [-0.39, 0.29) is 12.5 Å². The summed E-state index contributed by atoms with van der Waals surface area (Å²) in [6.07, 6.45) is 0. The van der Waals surface area contributed by atoms with E-state index in [4.69, 9.17) is 4.52 Å². The molecule has 0 aliphatic carbocycles. The molecule has 1 amide bonds. The van der Waals surface area contributed by atoms with Gasteiger partial charge in [0.15, 0.2) is 5.82 Å². The standard InChI is InChI=1S/C17H15N3O2/c1-12-6-5-9-14(10-12)17-19-15(20-22-17)11-18-16(21)13-7-3-2-4-8-13/h2-10H,11H2,1H3,(H,18,21). The van der Waals surface area contributed by atoms with E-state index in [0.717, 1.165) is 11.1 Å². The number of hydrogen-bond acceptors (Lipinski definition) is 4. The highest BCUT2D eigenvalue weighted by atomic mass is 16.5. The molecule has 0 aliphatic heterocycles. The number of benzene rings is 2. The monoisotopic (exact) mass is 293 g/mol. The van der Waals surface area contributed by atoms with Crippen LogP contribution in [0.3, 0.4) is 0 Å². The van der Waals surface area contributed by atoms with Crippen LogP contribution in [0.1, 0.15) is 21.7 Å². The van der Waals surface area contributed by atoms with E-state index in [9.17, 15) is 4.79 Å². The normalized spacial score (nSPS) is 10.4. The Kier molecular flexibility index (Phi) is 3.96. The lowest BCUT2D eigenvalue weighted by atomic mass is 10.1. The molecule has 0 unspecified atom stereocenters. The average molecular weight is 293 g/mol. The van der Waals surface area contributed by atoms with Crippen LogP contribution in [0.15, 0.2) is 59.1 Å². The van der Waals surface area contributed by atoms with E-state index in [2.05, 4.69) is 15.5 Å². The van der Waals surface area contributed by atoms with Crippen molar-refractivity contribution in [2.45, 2.75) is 13.5 Å². The summed E-state index contributed by atoms with van der Waals surface area (Å²) in [4.78, 5) is 16.2. The summed E-state index contributed by atoms with van der Waals surface area (Å²) in [5.41, 5.74) is 2.59. The van der Waals surface area contributed by atoms with Crippen LogP contribution in [-0.2, 0) is 6.54 Å². The SMILES string of the molecule is Cc1cccc(-c2nc(CNC(=O)c3ccccc3)no2)c1. The number of nitrogens with one attached hydrogen (secondary N) is 1. The maximum atomic E-state index is 11.9. The van der Waals surface area contributed by atoms with Gasteiger partial charge in [0, 0.05) is 11.1 Å². The molecule has 5 nitrogen and oxygen atoms in total. The quantitative estimate of drug-likeness (QED) is 0.803. The van der Waals surface area contributed by atoms with Crippen molar-refractivity contribution in [1.29, 1.82) is 0 Å². The first-order valence-corrected chi connectivity index (χ1v) is 6.95. The molecule has 1 N–H and O–H groups in total. The van der Waals surface area contributed by atoms with Gasteiger partial charge < -0.3 is 9.84 Å². The smallest absolute Gasteiger partial charge is 0.257 e. The molecule has 22 heavy (non-hydrogen) atoms. The molecular formula is C17H15N3O2. The van der Waals surface area contributed by atoms with Crippen molar-refractivity contribution in [2.75, 3.05) is 0 Å². The van der Waals surface area contributed by atoms with Gasteiger partial charge in [-0.3, -0.25) is 4.79 Å². The van der Waals surface area contributed by atoms with Gasteiger partial charge in [-0.15, -0.1) is 0 Å². The molecule has 3 rings (SSSR count). The van der Waals surface area contributed by atoms with E-state index < -0.39 is 0 Å². The molecule has 3 aromatic rings.